The Labute approximate surface area is 156 Å². The van der Waals surface area contributed by atoms with Gasteiger partial charge in [0.1, 0.15) is 0 Å². The topological polar surface area (TPSA) is 93.3 Å². The number of nitrogens with one attached hydrogen (secondary N) is 1. The van der Waals surface area contributed by atoms with Crippen LogP contribution in [-0.4, -0.2) is 28.6 Å². The molecule has 3 aromatic rings. The number of hydrazone groups is 1. The van der Waals surface area contributed by atoms with E-state index in [1.165, 1.54) is 0 Å². The average molecular weight is 368 g/mol. The van der Waals surface area contributed by atoms with Gasteiger partial charge in [-0.05, 0) is 35.9 Å². The molecule has 0 fully saturated rings. The summed E-state index contributed by atoms with van der Waals surface area (Å²) in [5.74, 6) is 4.88. The van der Waals surface area contributed by atoms with E-state index in [4.69, 9.17) is 17.4 Å². The van der Waals surface area contributed by atoms with Crippen molar-refractivity contribution in [1.29, 1.82) is 0 Å². The van der Waals surface area contributed by atoms with Crippen LogP contribution in [0.1, 0.15) is 28.0 Å². The largest absolute Gasteiger partial charge is 0.352 e. The molecular formula is C19H18ClN5O. The van der Waals surface area contributed by atoms with Crippen LogP contribution in [0.5, 0.6) is 0 Å². The van der Waals surface area contributed by atoms with Crippen LogP contribution in [0.4, 0.5) is 0 Å². The Morgan fingerprint density at radius 2 is 2.12 bits per heavy atom. The number of carbonyl (C=O) groups excluding carboxylic acids is 1. The highest BCUT2D eigenvalue weighted by Crippen LogP contribution is 2.19. The number of halogens is 1. The second kappa shape index (κ2) is 8.40. The molecule has 1 aromatic carbocycles. The van der Waals surface area contributed by atoms with Crippen LogP contribution in [-0.2, 0) is 6.42 Å². The molecule has 7 heteroatoms. The van der Waals surface area contributed by atoms with Crippen molar-refractivity contribution in [2.75, 3.05) is 6.54 Å². The molecule has 3 rings (SSSR count). The number of hydrogen-bond donors (Lipinski definition) is 2. The van der Waals surface area contributed by atoms with Gasteiger partial charge in [-0.2, -0.15) is 5.10 Å². The molecule has 0 saturated heterocycles. The SMILES string of the molecule is N/N=C\CCNC(=O)c1ccnc(Cc2ccc3ncc(Cl)cc3c2)c1. The Kier molecular flexibility index (Phi) is 5.76. The maximum atomic E-state index is 12.2. The summed E-state index contributed by atoms with van der Waals surface area (Å²) in [7, 11) is 0. The summed E-state index contributed by atoms with van der Waals surface area (Å²) in [4.78, 5) is 20.8. The average Bonchev–Trinajstić information content (AvgIpc) is 2.65. The third-order valence-electron chi connectivity index (χ3n) is 3.84. The Balaban J connectivity index is 1.73. The summed E-state index contributed by atoms with van der Waals surface area (Å²) in [6.07, 6.45) is 6.04. The van der Waals surface area contributed by atoms with Crippen LogP contribution in [0, 0.1) is 0 Å². The maximum absolute atomic E-state index is 12.2. The first-order valence-electron chi connectivity index (χ1n) is 8.15. The number of aromatic nitrogens is 2. The van der Waals surface area contributed by atoms with E-state index >= 15 is 0 Å². The second-order valence-electron chi connectivity index (χ2n) is 5.77. The molecule has 0 aliphatic heterocycles. The van der Waals surface area contributed by atoms with Crippen molar-refractivity contribution in [3.63, 3.8) is 0 Å². The standard InChI is InChI=1S/C19H18ClN5O/c20-16-10-15-8-13(2-3-18(15)24-12-16)9-17-11-14(4-7-22-17)19(26)23-5-1-6-25-21/h2-4,6-8,10-12H,1,5,9,21H2,(H,23,26)/b25-6-. The number of nitrogens with zero attached hydrogens (tertiary/aromatic N) is 3. The summed E-state index contributed by atoms with van der Waals surface area (Å²) in [5.41, 5.74) is 3.35. The van der Waals surface area contributed by atoms with Gasteiger partial charge in [0.05, 0.1) is 10.5 Å². The molecule has 0 radical (unpaired) electrons. The monoisotopic (exact) mass is 367 g/mol. The van der Waals surface area contributed by atoms with Crippen LogP contribution in [0.25, 0.3) is 10.9 Å². The highest BCUT2D eigenvalue weighted by molar-refractivity contribution is 6.31. The minimum atomic E-state index is -0.145. The van der Waals surface area contributed by atoms with Gasteiger partial charge >= 0.3 is 0 Å². The van der Waals surface area contributed by atoms with Gasteiger partial charge < -0.3 is 11.2 Å². The highest BCUT2D eigenvalue weighted by atomic mass is 35.5. The first-order valence-corrected chi connectivity index (χ1v) is 8.52. The number of benzene rings is 1. The quantitative estimate of drug-likeness (QED) is 0.303. The number of carbonyl (C=O) groups is 1. The smallest absolute Gasteiger partial charge is 0.251 e. The molecule has 0 aliphatic carbocycles. The van der Waals surface area contributed by atoms with Crippen molar-refractivity contribution in [3.05, 3.63) is 70.6 Å². The van der Waals surface area contributed by atoms with Gasteiger partial charge in [0, 0.05) is 54.6 Å². The van der Waals surface area contributed by atoms with Gasteiger partial charge in [0.15, 0.2) is 0 Å². The predicted octanol–water partition coefficient (Wildman–Crippen LogP) is 2.94. The lowest BCUT2D eigenvalue weighted by Crippen LogP contribution is -2.24. The van der Waals surface area contributed by atoms with E-state index in [1.807, 2.05) is 24.3 Å². The van der Waals surface area contributed by atoms with Gasteiger partial charge in [-0.1, -0.05) is 17.7 Å². The minimum Gasteiger partial charge on any atom is -0.352 e. The molecule has 0 spiro atoms. The maximum Gasteiger partial charge on any atom is 0.251 e. The minimum absolute atomic E-state index is 0.145. The third-order valence-corrected chi connectivity index (χ3v) is 4.05. The number of amides is 1. The van der Waals surface area contributed by atoms with E-state index in [0.29, 0.717) is 30.0 Å². The first-order chi connectivity index (χ1) is 12.7. The molecule has 0 atom stereocenters. The second-order valence-corrected chi connectivity index (χ2v) is 6.21. The number of nitrogens with two attached hydrogens (primary N) is 1. The zero-order chi connectivity index (χ0) is 18.4. The molecule has 0 aliphatic rings. The van der Waals surface area contributed by atoms with Crippen molar-refractivity contribution in [2.45, 2.75) is 12.8 Å². The Morgan fingerprint density at radius 3 is 2.96 bits per heavy atom. The van der Waals surface area contributed by atoms with Crippen molar-refractivity contribution in [2.24, 2.45) is 10.9 Å². The van der Waals surface area contributed by atoms with Crippen LogP contribution in [0.15, 0.2) is 53.9 Å². The molecule has 3 N–H and O–H groups in total. The summed E-state index contributed by atoms with van der Waals surface area (Å²) in [5, 5.41) is 7.79. The molecule has 132 valence electrons. The van der Waals surface area contributed by atoms with Crippen LogP contribution >= 0.6 is 11.6 Å². The van der Waals surface area contributed by atoms with E-state index in [2.05, 4.69) is 20.4 Å². The number of rotatable bonds is 6. The molecule has 6 nitrogen and oxygen atoms in total. The van der Waals surface area contributed by atoms with E-state index in [-0.39, 0.29) is 5.91 Å². The van der Waals surface area contributed by atoms with Crippen molar-refractivity contribution in [3.8, 4) is 0 Å². The predicted molar refractivity (Wildman–Crippen MR) is 103 cm³/mol. The fourth-order valence-electron chi connectivity index (χ4n) is 2.62. The van der Waals surface area contributed by atoms with Crippen molar-refractivity contribution < 1.29 is 4.79 Å². The van der Waals surface area contributed by atoms with E-state index in [0.717, 1.165) is 22.2 Å². The Morgan fingerprint density at radius 1 is 1.23 bits per heavy atom. The molecule has 0 unspecified atom stereocenters. The number of pyridine rings is 2. The lowest BCUT2D eigenvalue weighted by atomic mass is 10.0. The van der Waals surface area contributed by atoms with Gasteiger partial charge in [-0.3, -0.25) is 14.8 Å². The van der Waals surface area contributed by atoms with E-state index < -0.39 is 0 Å². The summed E-state index contributed by atoms with van der Waals surface area (Å²) < 4.78 is 0. The highest BCUT2D eigenvalue weighted by Gasteiger charge is 2.07. The third kappa shape index (κ3) is 4.55. The molecular weight excluding hydrogens is 350 g/mol. The van der Waals surface area contributed by atoms with Crippen molar-refractivity contribution >= 4 is 34.6 Å². The number of hydrogen-bond acceptors (Lipinski definition) is 5. The van der Waals surface area contributed by atoms with E-state index in [1.54, 1.807) is 30.7 Å². The molecule has 0 bridgehead atoms. The van der Waals surface area contributed by atoms with E-state index in [9.17, 15) is 4.79 Å². The lowest BCUT2D eigenvalue weighted by molar-refractivity contribution is 0.0954. The zero-order valence-electron chi connectivity index (χ0n) is 14.0. The first kappa shape index (κ1) is 17.8. The number of fused-ring (bicyclic) bond motifs is 1. The van der Waals surface area contributed by atoms with Gasteiger partial charge in [0.2, 0.25) is 0 Å². The summed E-state index contributed by atoms with van der Waals surface area (Å²) >= 11 is 6.01. The Hall–Kier alpha value is -2.99. The van der Waals surface area contributed by atoms with Crippen LogP contribution < -0.4 is 11.2 Å². The lowest BCUT2D eigenvalue weighted by Gasteiger charge is -2.07. The fourth-order valence-corrected chi connectivity index (χ4v) is 2.78. The molecule has 26 heavy (non-hydrogen) atoms. The summed E-state index contributed by atoms with van der Waals surface area (Å²) in [6, 6.07) is 11.4. The van der Waals surface area contributed by atoms with Crippen molar-refractivity contribution in [1.82, 2.24) is 15.3 Å². The van der Waals surface area contributed by atoms with Gasteiger partial charge in [-0.25, -0.2) is 0 Å². The van der Waals surface area contributed by atoms with Gasteiger partial charge in [-0.15, -0.1) is 0 Å². The molecule has 0 saturated carbocycles. The molecule has 2 aromatic heterocycles. The van der Waals surface area contributed by atoms with Gasteiger partial charge in [0.25, 0.3) is 5.91 Å². The molecule has 2 heterocycles. The fraction of sp³-hybridized carbons (Fsp3) is 0.158. The van der Waals surface area contributed by atoms with Crippen LogP contribution in [0.2, 0.25) is 5.02 Å². The van der Waals surface area contributed by atoms with Crippen LogP contribution in [0.3, 0.4) is 0 Å². The normalized spacial score (nSPS) is 11.1. The zero-order valence-corrected chi connectivity index (χ0v) is 14.8. The Bertz CT molecular complexity index is 958. The summed E-state index contributed by atoms with van der Waals surface area (Å²) in [6.45, 7) is 0.482. The molecule has 1 amide bonds.